The van der Waals surface area contributed by atoms with Gasteiger partial charge in [-0.15, -0.1) is 0 Å². The number of rotatable bonds is 11. The second-order valence-electron chi connectivity index (χ2n) is 8.05. The summed E-state index contributed by atoms with van der Waals surface area (Å²) in [6.45, 7) is 5.58. The van der Waals surface area contributed by atoms with Crippen molar-refractivity contribution in [3.05, 3.63) is 76.5 Å². The zero-order valence-electron chi connectivity index (χ0n) is 18.9. The smallest absolute Gasteiger partial charge is 0.449 e. The van der Waals surface area contributed by atoms with Crippen LogP contribution in [0.3, 0.4) is 0 Å². The molecule has 0 aliphatic carbocycles. The van der Waals surface area contributed by atoms with Gasteiger partial charge in [-0.25, -0.2) is 9.59 Å². The van der Waals surface area contributed by atoms with Gasteiger partial charge in [0.2, 0.25) is 0 Å². The van der Waals surface area contributed by atoms with E-state index in [9.17, 15) is 9.59 Å². The Kier molecular flexibility index (Phi) is 8.31. The van der Waals surface area contributed by atoms with E-state index < -0.39 is 6.16 Å². The number of para-hydroxylation sites is 1. The van der Waals surface area contributed by atoms with Crippen LogP contribution in [-0.4, -0.2) is 20.4 Å². The van der Waals surface area contributed by atoms with E-state index in [4.69, 9.17) is 9.84 Å². The maximum atomic E-state index is 13.0. The van der Waals surface area contributed by atoms with Gasteiger partial charge in [-0.2, -0.15) is 0 Å². The largest absolute Gasteiger partial charge is 0.511 e. The van der Waals surface area contributed by atoms with Gasteiger partial charge in [-0.05, 0) is 36.5 Å². The van der Waals surface area contributed by atoms with E-state index in [0.29, 0.717) is 17.9 Å². The highest BCUT2D eigenvalue weighted by Crippen LogP contribution is 2.30. The van der Waals surface area contributed by atoms with Crippen molar-refractivity contribution in [2.24, 2.45) is 0 Å². The van der Waals surface area contributed by atoms with Gasteiger partial charge in [0, 0.05) is 24.0 Å². The van der Waals surface area contributed by atoms with E-state index in [0.717, 1.165) is 61.9 Å². The highest BCUT2D eigenvalue weighted by Gasteiger charge is 2.13. The van der Waals surface area contributed by atoms with Gasteiger partial charge in [-0.3, -0.25) is 9.13 Å². The Balaban J connectivity index is 1.84. The first-order valence-corrected chi connectivity index (χ1v) is 11.4. The molecule has 1 heterocycles. The standard InChI is InChI=1S/C26H32N2O4/c1-3-5-7-10-22-19-27(17-6-4-2)25(29)28(22)18-20-13-15-21(16-14-20)23-11-8-9-12-24(23)32-26(30)31/h8-9,11-16,19H,3-7,10,17-18H2,1-2H3,(H,30,31). The summed E-state index contributed by atoms with van der Waals surface area (Å²) in [5.41, 5.74) is 3.74. The third-order valence-electron chi connectivity index (χ3n) is 5.61. The van der Waals surface area contributed by atoms with Crippen molar-refractivity contribution in [3.63, 3.8) is 0 Å². The van der Waals surface area contributed by atoms with Crippen LogP contribution in [0.2, 0.25) is 0 Å². The maximum Gasteiger partial charge on any atom is 0.511 e. The lowest BCUT2D eigenvalue weighted by molar-refractivity contribution is 0.144. The molecule has 2 aromatic carbocycles. The molecular formula is C26H32N2O4. The Morgan fingerprint density at radius 3 is 2.38 bits per heavy atom. The number of hydrogen-bond donors (Lipinski definition) is 1. The minimum absolute atomic E-state index is 0.0502. The predicted octanol–water partition coefficient (Wildman–Crippen LogP) is 5.95. The molecule has 0 unspecified atom stereocenters. The molecule has 0 amide bonds. The number of carboxylic acid groups (broad SMARTS) is 1. The van der Waals surface area contributed by atoms with Crippen molar-refractivity contribution in [2.45, 2.75) is 65.5 Å². The second kappa shape index (κ2) is 11.4. The Morgan fingerprint density at radius 1 is 0.969 bits per heavy atom. The zero-order chi connectivity index (χ0) is 22.9. The number of benzene rings is 2. The molecule has 0 aliphatic rings. The molecule has 6 heteroatoms. The fraction of sp³-hybridized carbons (Fsp3) is 0.385. The first-order chi connectivity index (χ1) is 15.5. The number of ether oxygens (including phenoxy) is 1. The van der Waals surface area contributed by atoms with Crippen molar-refractivity contribution in [1.82, 2.24) is 9.13 Å². The summed E-state index contributed by atoms with van der Waals surface area (Å²) >= 11 is 0. The van der Waals surface area contributed by atoms with Crippen LogP contribution in [0.15, 0.2) is 59.5 Å². The van der Waals surface area contributed by atoms with Crippen LogP contribution in [0.1, 0.15) is 57.2 Å². The normalized spacial score (nSPS) is 10.9. The first kappa shape index (κ1) is 23.4. The summed E-state index contributed by atoms with van der Waals surface area (Å²) in [6.07, 6.45) is 7.02. The minimum Gasteiger partial charge on any atom is -0.449 e. The Hall–Kier alpha value is -3.28. The highest BCUT2D eigenvalue weighted by molar-refractivity contribution is 5.74. The summed E-state index contributed by atoms with van der Waals surface area (Å²) in [5, 5.41) is 8.98. The molecule has 1 aromatic heterocycles. The highest BCUT2D eigenvalue weighted by atomic mass is 16.7. The molecule has 0 radical (unpaired) electrons. The Bertz CT molecular complexity index is 1080. The molecule has 0 aliphatic heterocycles. The van der Waals surface area contributed by atoms with Crippen molar-refractivity contribution in [3.8, 4) is 16.9 Å². The molecule has 0 atom stereocenters. The van der Waals surface area contributed by atoms with E-state index in [1.54, 1.807) is 12.1 Å². The first-order valence-electron chi connectivity index (χ1n) is 11.4. The van der Waals surface area contributed by atoms with Gasteiger partial charge in [0.05, 0.1) is 6.54 Å². The number of unbranched alkanes of at least 4 members (excludes halogenated alkanes) is 3. The molecule has 6 nitrogen and oxygen atoms in total. The molecule has 0 saturated carbocycles. The monoisotopic (exact) mass is 436 g/mol. The SMILES string of the molecule is CCCCCc1cn(CCCC)c(=O)n1Cc1ccc(-c2ccccc2OC(=O)O)cc1. The van der Waals surface area contributed by atoms with E-state index >= 15 is 0 Å². The average molecular weight is 437 g/mol. The van der Waals surface area contributed by atoms with Crippen LogP contribution in [0.5, 0.6) is 5.75 Å². The number of imidazole rings is 1. The molecule has 0 fully saturated rings. The van der Waals surface area contributed by atoms with Crippen LogP contribution in [0, 0.1) is 0 Å². The fourth-order valence-corrected chi connectivity index (χ4v) is 3.86. The van der Waals surface area contributed by atoms with Crippen LogP contribution < -0.4 is 10.4 Å². The van der Waals surface area contributed by atoms with Gasteiger partial charge < -0.3 is 9.84 Å². The molecule has 0 spiro atoms. The number of hydrogen-bond acceptors (Lipinski definition) is 3. The van der Waals surface area contributed by atoms with E-state index in [1.807, 2.05) is 51.7 Å². The maximum absolute atomic E-state index is 13.0. The third-order valence-corrected chi connectivity index (χ3v) is 5.61. The number of nitrogens with zero attached hydrogens (tertiary/aromatic N) is 2. The molecule has 32 heavy (non-hydrogen) atoms. The third kappa shape index (κ3) is 5.90. The van der Waals surface area contributed by atoms with Crippen LogP contribution in [0.25, 0.3) is 11.1 Å². The lowest BCUT2D eigenvalue weighted by Crippen LogP contribution is -2.25. The van der Waals surface area contributed by atoms with E-state index in [1.165, 1.54) is 0 Å². The summed E-state index contributed by atoms with van der Waals surface area (Å²) in [7, 11) is 0. The number of aryl methyl sites for hydroxylation is 2. The molecule has 0 saturated heterocycles. The van der Waals surface area contributed by atoms with Crippen molar-refractivity contribution in [2.75, 3.05) is 0 Å². The summed E-state index contributed by atoms with van der Waals surface area (Å²) in [4.78, 5) is 24.0. The van der Waals surface area contributed by atoms with Crippen LogP contribution in [-0.2, 0) is 19.5 Å². The molecule has 1 N–H and O–H groups in total. The Morgan fingerprint density at radius 2 is 1.69 bits per heavy atom. The second-order valence-corrected chi connectivity index (χ2v) is 8.05. The predicted molar refractivity (Wildman–Crippen MR) is 126 cm³/mol. The Labute approximate surface area is 189 Å². The quantitative estimate of drug-likeness (QED) is 0.229. The lowest BCUT2D eigenvalue weighted by atomic mass is 10.0. The number of aromatic nitrogens is 2. The van der Waals surface area contributed by atoms with Gasteiger partial charge in [0.15, 0.2) is 0 Å². The summed E-state index contributed by atoms with van der Waals surface area (Å²) in [5.74, 6) is 0.301. The molecule has 3 aromatic rings. The fourth-order valence-electron chi connectivity index (χ4n) is 3.86. The lowest BCUT2D eigenvalue weighted by Gasteiger charge is -2.10. The summed E-state index contributed by atoms with van der Waals surface area (Å²) < 4.78 is 8.64. The molecule has 0 bridgehead atoms. The van der Waals surface area contributed by atoms with Crippen molar-refractivity contribution < 1.29 is 14.6 Å². The van der Waals surface area contributed by atoms with Gasteiger partial charge in [-0.1, -0.05) is 75.6 Å². The van der Waals surface area contributed by atoms with E-state index in [2.05, 4.69) is 13.8 Å². The van der Waals surface area contributed by atoms with Crippen molar-refractivity contribution in [1.29, 1.82) is 0 Å². The van der Waals surface area contributed by atoms with E-state index in [-0.39, 0.29) is 5.69 Å². The topological polar surface area (TPSA) is 73.5 Å². The van der Waals surface area contributed by atoms with Gasteiger partial charge >= 0.3 is 11.8 Å². The molecule has 3 rings (SSSR count). The average Bonchev–Trinajstić information content (AvgIpc) is 3.07. The van der Waals surface area contributed by atoms with Crippen LogP contribution in [0.4, 0.5) is 4.79 Å². The zero-order valence-corrected chi connectivity index (χ0v) is 18.9. The minimum atomic E-state index is -1.34. The molecular weight excluding hydrogens is 404 g/mol. The van der Waals surface area contributed by atoms with Gasteiger partial charge in [0.1, 0.15) is 5.75 Å². The number of carbonyl (C=O) groups is 1. The van der Waals surface area contributed by atoms with Crippen LogP contribution >= 0.6 is 0 Å². The van der Waals surface area contributed by atoms with Crippen molar-refractivity contribution >= 4 is 6.16 Å². The summed E-state index contributed by atoms with van der Waals surface area (Å²) in [6, 6.07) is 14.9. The van der Waals surface area contributed by atoms with Gasteiger partial charge in [0.25, 0.3) is 0 Å². The molecule has 170 valence electrons.